The van der Waals surface area contributed by atoms with Crippen LogP contribution in [-0.4, -0.2) is 43.5 Å². The number of hydrogen-bond donors (Lipinski definition) is 3. The highest BCUT2D eigenvalue weighted by molar-refractivity contribution is 6.03. The fourth-order valence-electron chi connectivity index (χ4n) is 5.18. The van der Waals surface area contributed by atoms with Crippen LogP contribution in [0.1, 0.15) is 73.5 Å². The number of halogens is 3. The second-order valence-electron chi connectivity index (χ2n) is 11.4. The van der Waals surface area contributed by atoms with Crippen LogP contribution in [-0.2, 0) is 12.7 Å². The third kappa shape index (κ3) is 7.36. The number of alkyl halides is 3. The number of rotatable bonds is 6. The molecule has 0 radical (unpaired) electrons. The third-order valence-corrected chi connectivity index (χ3v) is 7.42. The molecule has 0 unspecified atom stereocenters. The molecule has 0 atom stereocenters. The van der Waals surface area contributed by atoms with Crippen molar-refractivity contribution in [3.05, 3.63) is 64.7 Å². The van der Waals surface area contributed by atoms with Crippen molar-refractivity contribution < 1.29 is 22.8 Å². The molecule has 3 N–H and O–H groups in total. The second-order valence-corrected chi connectivity index (χ2v) is 11.4. The van der Waals surface area contributed by atoms with Crippen LogP contribution in [0.25, 0.3) is 0 Å². The smallest absolute Gasteiger partial charge is 0.317 e. The molecule has 4 rings (SSSR count). The summed E-state index contributed by atoms with van der Waals surface area (Å²) in [5.41, 5.74) is 0.996. The van der Waals surface area contributed by atoms with Crippen molar-refractivity contribution in [3.8, 4) is 0 Å². The monoisotopic (exact) mass is 557 g/mol. The van der Waals surface area contributed by atoms with Gasteiger partial charge in [0.2, 0.25) is 0 Å². The molecule has 1 saturated carbocycles. The minimum Gasteiger partial charge on any atom is -0.317 e. The second kappa shape index (κ2) is 11.6. The van der Waals surface area contributed by atoms with E-state index in [0.29, 0.717) is 17.0 Å². The van der Waals surface area contributed by atoms with Crippen LogP contribution in [0.2, 0.25) is 0 Å². The molecule has 40 heavy (non-hydrogen) atoms. The van der Waals surface area contributed by atoms with Gasteiger partial charge in [-0.3, -0.25) is 10.1 Å². The SMILES string of the molecule is Cc1cc(NC(=O)N(Cc2ccc(C(=O)Nc3nn[nH]n3)cc2)C2CCC(C(C)(C)C)CC2)cc(C(F)(F)F)c1. The summed E-state index contributed by atoms with van der Waals surface area (Å²) < 4.78 is 40.2. The predicted molar refractivity (Wildman–Crippen MR) is 145 cm³/mol. The number of amides is 3. The molecule has 3 aromatic rings. The van der Waals surface area contributed by atoms with Crippen molar-refractivity contribution in [2.45, 2.75) is 72.1 Å². The molecule has 1 aromatic heterocycles. The molecule has 0 aliphatic heterocycles. The molecule has 1 fully saturated rings. The molecule has 0 spiro atoms. The topological polar surface area (TPSA) is 116 Å². The lowest BCUT2D eigenvalue weighted by molar-refractivity contribution is -0.137. The molecule has 0 saturated heterocycles. The van der Waals surface area contributed by atoms with Crippen LogP contribution in [0.15, 0.2) is 42.5 Å². The number of aromatic amines is 1. The van der Waals surface area contributed by atoms with E-state index < -0.39 is 23.7 Å². The molecular weight excluding hydrogens is 523 g/mol. The third-order valence-electron chi connectivity index (χ3n) is 7.42. The molecule has 0 bridgehead atoms. The van der Waals surface area contributed by atoms with Gasteiger partial charge in [0.15, 0.2) is 0 Å². The van der Waals surface area contributed by atoms with Gasteiger partial charge in [-0.2, -0.15) is 18.4 Å². The predicted octanol–water partition coefficient (Wildman–Crippen LogP) is 6.42. The van der Waals surface area contributed by atoms with Crippen LogP contribution in [0.3, 0.4) is 0 Å². The molecule has 1 aliphatic carbocycles. The first-order valence-corrected chi connectivity index (χ1v) is 13.2. The zero-order valence-corrected chi connectivity index (χ0v) is 23.0. The number of anilines is 2. The van der Waals surface area contributed by atoms with Crippen LogP contribution in [0, 0.1) is 18.3 Å². The lowest BCUT2D eigenvalue weighted by Gasteiger charge is -2.41. The van der Waals surface area contributed by atoms with Gasteiger partial charge in [-0.05, 0) is 90.6 Å². The highest BCUT2D eigenvalue weighted by Gasteiger charge is 2.34. The summed E-state index contributed by atoms with van der Waals surface area (Å²) in [6.07, 6.45) is -1.02. The maximum absolute atomic E-state index is 13.6. The minimum absolute atomic E-state index is 0.0487. The number of aromatic nitrogens is 4. The Morgan fingerprint density at radius 1 is 1.00 bits per heavy atom. The highest BCUT2D eigenvalue weighted by Crippen LogP contribution is 2.39. The van der Waals surface area contributed by atoms with E-state index in [0.717, 1.165) is 43.4 Å². The minimum atomic E-state index is -4.52. The number of carbonyl (C=O) groups excluding carboxylic acids is 2. The van der Waals surface area contributed by atoms with E-state index in [-0.39, 0.29) is 29.6 Å². The largest absolute Gasteiger partial charge is 0.416 e. The van der Waals surface area contributed by atoms with Crippen molar-refractivity contribution in [2.24, 2.45) is 11.3 Å². The maximum atomic E-state index is 13.6. The van der Waals surface area contributed by atoms with Crippen molar-refractivity contribution >= 4 is 23.6 Å². The molecule has 214 valence electrons. The van der Waals surface area contributed by atoms with Gasteiger partial charge in [0.05, 0.1) is 5.56 Å². The Bertz CT molecular complexity index is 1310. The molecular formula is C28H34F3N7O2. The van der Waals surface area contributed by atoms with Gasteiger partial charge in [-0.15, -0.1) is 5.10 Å². The first kappa shape index (κ1) is 29.0. The molecule has 9 nitrogen and oxygen atoms in total. The van der Waals surface area contributed by atoms with Crippen LogP contribution in [0.5, 0.6) is 0 Å². The zero-order valence-electron chi connectivity index (χ0n) is 23.0. The summed E-state index contributed by atoms with van der Waals surface area (Å²) >= 11 is 0. The summed E-state index contributed by atoms with van der Waals surface area (Å²) in [4.78, 5) is 27.7. The van der Waals surface area contributed by atoms with Gasteiger partial charge in [0.1, 0.15) is 0 Å². The number of aryl methyl sites for hydroxylation is 1. The van der Waals surface area contributed by atoms with Crippen molar-refractivity contribution in [1.82, 2.24) is 25.5 Å². The van der Waals surface area contributed by atoms with Crippen LogP contribution >= 0.6 is 0 Å². The van der Waals surface area contributed by atoms with Gasteiger partial charge in [-0.25, -0.2) is 4.79 Å². The van der Waals surface area contributed by atoms with E-state index in [1.54, 1.807) is 36.1 Å². The molecule has 12 heteroatoms. The summed E-state index contributed by atoms with van der Waals surface area (Å²) in [6.45, 7) is 8.45. The Kier molecular flexibility index (Phi) is 8.45. The van der Waals surface area contributed by atoms with E-state index in [4.69, 9.17) is 0 Å². The van der Waals surface area contributed by atoms with Crippen LogP contribution < -0.4 is 10.6 Å². The van der Waals surface area contributed by atoms with Crippen LogP contribution in [0.4, 0.5) is 29.6 Å². The maximum Gasteiger partial charge on any atom is 0.416 e. The van der Waals surface area contributed by atoms with Crippen molar-refractivity contribution in [3.63, 3.8) is 0 Å². The molecule has 1 heterocycles. The van der Waals surface area contributed by atoms with E-state index in [9.17, 15) is 22.8 Å². The van der Waals surface area contributed by atoms with E-state index in [2.05, 4.69) is 52.0 Å². The fourth-order valence-corrected chi connectivity index (χ4v) is 5.18. The number of nitrogens with one attached hydrogen (secondary N) is 3. The number of benzene rings is 2. The van der Waals surface area contributed by atoms with Gasteiger partial charge in [-0.1, -0.05) is 38.0 Å². The van der Waals surface area contributed by atoms with Gasteiger partial charge >= 0.3 is 12.2 Å². The number of carbonyl (C=O) groups is 2. The van der Waals surface area contributed by atoms with Gasteiger partial charge in [0, 0.05) is 23.8 Å². The average Bonchev–Trinajstić information content (AvgIpc) is 3.39. The van der Waals surface area contributed by atoms with Gasteiger partial charge < -0.3 is 10.2 Å². The fraction of sp³-hybridized carbons (Fsp3) is 0.464. The summed E-state index contributed by atoms with van der Waals surface area (Å²) in [7, 11) is 0. The Labute approximate surface area is 230 Å². The average molecular weight is 558 g/mol. The number of H-pyrrole nitrogens is 1. The molecule has 3 amide bonds. The zero-order chi connectivity index (χ0) is 29.1. The standard InChI is InChI=1S/C28H34F3N7O2/c1-17-13-21(28(29,30)31)15-22(14-17)32-26(40)38(23-11-9-20(10-12-23)27(2,3)4)16-18-5-7-19(8-6-18)24(39)33-25-34-36-37-35-25/h5-8,13-15,20,23H,9-12,16H2,1-4H3,(H,32,40)(H2,33,34,35,36,37,39). The quantitative estimate of drug-likeness (QED) is 0.324. The Morgan fingerprint density at radius 3 is 2.25 bits per heavy atom. The summed E-state index contributed by atoms with van der Waals surface area (Å²) in [6, 6.07) is 9.76. The highest BCUT2D eigenvalue weighted by atomic mass is 19.4. The summed E-state index contributed by atoms with van der Waals surface area (Å²) in [5.74, 6) is 0.160. The normalized spacial score (nSPS) is 17.8. The van der Waals surface area contributed by atoms with E-state index in [1.807, 2.05) is 0 Å². The Morgan fingerprint density at radius 2 is 1.68 bits per heavy atom. The first-order valence-electron chi connectivity index (χ1n) is 13.2. The van der Waals surface area contributed by atoms with E-state index >= 15 is 0 Å². The number of nitrogens with zero attached hydrogens (tertiary/aromatic N) is 4. The van der Waals surface area contributed by atoms with E-state index in [1.165, 1.54) is 6.07 Å². The Hall–Kier alpha value is -3.96. The van der Waals surface area contributed by atoms with Crippen molar-refractivity contribution in [2.75, 3.05) is 10.6 Å². The molecule has 2 aromatic carbocycles. The first-order chi connectivity index (χ1) is 18.8. The number of urea groups is 1. The number of hydrogen-bond acceptors (Lipinski definition) is 5. The van der Waals surface area contributed by atoms with Gasteiger partial charge in [0.25, 0.3) is 11.9 Å². The lowest BCUT2D eigenvalue weighted by atomic mass is 9.71. The van der Waals surface area contributed by atoms with Crippen molar-refractivity contribution in [1.29, 1.82) is 0 Å². The Balaban J connectivity index is 1.53. The lowest BCUT2D eigenvalue weighted by Crippen LogP contribution is -2.45. The number of tetrazole rings is 1. The molecule has 1 aliphatic rings. The summed E-state index contributed by atoms with van der Waals surface area (Å²) in [5, 5.41) is 18.3.